The summed E-state index contributed by atoms with van der Waals surface area (Å²) in [5.74, 6) is 1.81. The van der Waals surface area contributed by atoms with E-state index in [1.54, 1.807) is 0 Å². The number of hydrogen-bond acceptors (Lipinski definition) is 4. The highest BCUT2D eigenvalue weighted by molar-refractivity contribution is 5.85. The van der Waals surface area contributed by atoms with E-state index in [2.05, 4.69) is 23.2 Å². The lowest BCUT2D eigenvalue weighted by Crippen LogP contribution is -2.48. The van der Waals surface area contributed by atoms with Gasteiger partial charge in [-0.15, -0.1) is 12.4 Å². The van der Waals surface area contributed by atoms with Gasteiger partial charge in [0.1, 0.15) is 0 Å². The lowest BCUT2D eigenvalue weighted by Gasteiger charge is -2.31. The van der Waals surface area contributed by atoms with Crippen LogP contribution in [0.1, 0.15) is 12.5 Å². The highest BCUT2D eigenvalue weighted by atomic mass is 35.5. The summed E-state index contributed by atoms with van der Waals surface area (Å²) >= 11 is 0. The maximum Gasteiger partial charge on any atom is 0.231 e. The molecule has 1 saturated heterocycles. The molecule has 1 fully saturated rings. The van der Waals surface area contributed by atoms with Crippen LogP contribution in [0.4, 0.5) is 0 Å². The Bertz CT molecular complexity index is 414. The van der Waals surface area contributed by atoms with Crippen LogP contribution in [0.3, 0.4) is 0 Å². The van der Waals surface area contributed by atoms with Crippen LogP contribution in [-0.2, 0) is 6.54 Å². The summed E-state index contributed by atoms with van der Waals surface area (Å²) in [7, 11) is 0. The molecule has 0 aromatic heterocycles. The lowest BCUT2D eigenvalue weighted by molar-refractivity contribution is 0.169. The van der Waals surface area contributed by atoms with Crippen LogP contribution in [0.5, 0.6) is 11.5 Å². The Morgan fingerprint density at radius 3 is 3.11 bits per heavy atom. The Morgan fingerprint density at radius 2 is 2.28 bits per heavy atom. The second kappa shape index (κ2) is 5.78. The molecule has 1 aromatic rings. The molecule has 4 nitrogen and oxygen atoms in total. The first kappa shape index (κ1) is 13.5. The maximum absolute atomic E-state index is 5.53. The summed E-state index contributed by atoms with van der Waals surface area (Å²) in [5.41, 5.74) is 1.23. The van der Waals surface area contributed by atoms with E-state index >= 15 is 0 Å². The molecule has 18 heavy (non-hydrogen) atoms. The summed E-state index contributed by atoms with van der Waals surface area (Å²) in [6.07, 6.45) is 0. The van der Waals surface area contributed by atoms with Gasteiger partial charge in [-0.25, -0.2) is 0 Å². The number of para-hydroxylation sites is 1. The summed E-state index contributed by atoms with van der Waals surface area (Å²) < 4.78 is 10.9. The van der Waals surface area contributed by atoms with Crippen molar-refractivity contribution in [2.75, 3.05) is 26.4 Å². The Kier molecular flexibility index (Phi) is 4.32. The van der Waals surface area contributed by atoms with E-state index in [1.807, 2.05) is 12.1 Å². The molecule has 1 atom stereocenters. The van der Waals surface area contributed by atoms with Crippen LogP contribution in [0.25, 0.3) is 0 Å². The van der Waals surface area contributed by atoms with Gasteiger partial charge in [0.05, 0.1) is 0 Å². The van der Waals surface area contributed by atoms with Crippen molar-refractivity contribution in [3.05, 3.63) is 23.8 Å². The van der Waals surface area contributed by atoms with E-state index in [0.717, 1.165) is 37.7 Å². The van der Waals surface area contributed by atoms with Gasteiger partial charge in [0.2, 0.25) is 6.79 Å². The quantitative estimate of drug-likeness (QED) is 0.886. The third-order valence-corrected chi connectivity index (χ3v) is 3.32. The van der Waals surface area contributed by atoms with Crippen molar-refractivity contribution in [1.29, 1.82) is 0 Å². The van der Waals surface area contributed by atoms with Crippen molar-refractivity contribution < 1.29 is 9.47 Å². The van der Waals surface area contributed by atoms with E-state index < -0.39 is 0 Å². The van der Waals surface area contributed by atoms with Gasteiger partial charge < -0.3 is 14.8 Å². The Labute approximate surface area is 114 Å². The minimum absolute atomic E-state index is 0. The van der Waals surface area contributed by atoms with Crippen LogP contribution in [0, 0.1) is 0 Å². The minimum Gasteiger partial charge on any atom is -0.454 e. The molecule has 2 aliphatic heterocycles. The van der Waals surface area contributed by atoms with Gasteiger partial charge in [0.25, 0.3) is 0 Å². The summed E-state index contributed by atoms with van der Waals surface area (Å²) in [4.78, 5) is 2.46. The molecular formula is C13H19ClN2O2. The molecule has 1 aromatic carbocycles. The average Bonchev–Trinajstić information content (AvgIpc) is 2.78. The Morgan fingerprint density at radius 1 is 1.39 bits per heavy atom. The van der Waals surface area contributed by atoms with Gasteiger partial charge >= 0.3 is 0 Å². The molecule has 2 aliphatic rings. The molecule has 3 rings (SSSR count). The third-order valence-electron chi connectivity index (χ3n) is 3.32. The highest BCUT2D eigenvalue weighted by Gasteiger charge is 2.21. The predicted molar refractivity (Wildman–Crippen MR) is 72.6 cm³/mol. The fourth-order valence-electron chi connectivity index (χ4n) is 2.51. The minimum atomic E-state index is 0. The van der Waals surface area contributed by atoms with Crippen molar-refractivity contribution in [1.82, 2.24) is 10.2 Å². The van der Waals surface area contributed by atoms with Gasteiger partial charge in [-0.05, 0) is 13.0 Å². The predicted octanol–water partition coefficient (Wildman–Crippen LogP) is 1.63. The first-order valence-electron chi connectivity index (χ1n) is 6.16. The number of benzene rings is 1. The number of hydrogen-bond donors (Lipinski definition) is 1. The van der Waals surface area contributed by atoms with E-state index in [9.17, 15) is 0 Å². The summed E-state index contributed by atoms with van der Waals surface area (Å²) in [6.45, 7) is 6.76. The fraction of sp³-hybridized carbons (Fsp3) is 0.538. The van der Waals surface area contributed by atoms with E-state index in [1.165, 1.54) is 5.56 Å². The molecule has 0 spiro atoms. The van der Waals surface area contributed by atoms with Crippen molar-refractivity contribution in [3.63, 3.8) is 0 Å². The second-order valence-corrected chi connectivity index (χ2v) is 4.74. The van der Waals surface area contributed by atoms with Gasteiger partial charge in [0, 0.05) is 37.8 Å². The van der Waals surface area contributed by atoms with Crippen LogP contribution in [-0.4, -0.2) is 37.4 Å². The topological polar surface area (TPSA) is 33.7 Å². The van der Waals surface area contributed by atoms with E-state index in [-0.39, 0.29) is 12.4 Å². The molecule has 1 unspecified atom stereocenters. The number of rotatable bonds is 2. The highest BCUT2D eigenvalue weighted by Crippen LogP contribution is 2.35. The Hall–Kier alpha value is -0.970. The van der Waals surface area contributed by atoms with Crippen LogP contribution >= 0.6 is 12.4 Å². The second-order valence-electron chi connectivity index (χ2n) is 4.74. The van der Waals surface area contributed by atoms with Gasteiger partial charge in [-0.1, -0.05) is 12.1 Å². The van der Waals surface area contributed by atoms with Gasteiger partial charge in [0.15, 0.2) is 11.5 Å². The number of piperazine rings is 1. The van der Waals surface area contributed by atoms with Crippen molar-refractivity contribution in [3.8, 4) is 11.5 Å². The fourth-order valence-corrected chi connectivity index (χ4v) is 2.51. The molecule has 0 amide bonds. The maximum atomic E-state index is 5.53. The number of halogens is 1. The first-order chi connectivity index (χ1) is 8.33. The summed E-state index contributed by atoms with van der Waals surface area (Å²) in [5, 5.41) is 3.45. The SMILES string of the molecule is CC1CN(Cc2cccc3c2OCO3)CCN1.Cl. The molecule has 2 heterocycles. The zero-order chi connectivity index (χ0) is 11.7. The largest absolute Gasteiger partial charge is 0.454 e. The third kappa shape index (κ3) is 2.71. The molecule has 0 saturated carbocycles. The van der Waals surface area contributed by atoms with E-state index in [4.69, 9.17) is 9.47 Å². The molecule has 5 heteroatoms. The number of nitrogens with one attached hydrogen (secondary N) is 1. The molecule has 0 radical (unpaired) electrons. The van der Waals surface area contributed by atoms with Crippen LogP contribution in [0.15, 0.2) is 18.2 Å². The van der Waals surface area contributed by atoms with E-state index in [0.29, 0.717) is 12.8 Å². The van der Waals surface area contributed by atoms with Gasteiger partial charge in [-0.3, -0.25) is 4.90 Å². The smallest absolute Gasteiger partial charge is 0.231 e. The van der Waals surface area contributed by atoms with Gasteiger partial charge in [-0.2, -0.15) is 0 Å². The van der Waals surface area contributed by atoms with Crippen molar-refractivity contribution >= 4 is 12.4 Å². The normalized spacial score (nSPS) is 22.6. The van der Waals surface area contributed by atoms with Crippen LogP contribution < -0.4 is 14.8 Å². The van der Waals surface area contributed by atoms with Crippen molar-refractivity contribution in [2.24, 2.45) is 0 Å². The molecule has 100 valence electrons. The average molecular weight is 271 g/mol. The molecule has 0 aliphatic carbocycles. The number of fused-ring (bicyclic) bond motifs is 1. The summed E-state index contributed by atoms with van der Waals surface area (Å²) in [6, 6.07) is 6.69. The lowest BCUT2D eigenvalue weighted by atomic mass is 10.1. The number of nitrogens with zero attached hydrogens (tertiary/aromatic N) is 1. The standard InChI is InChI=1S/C13H18N2O2.ClH/c1-10-7-15(6-5-14-10)8-11-3-2-4-12-13(11)17-9-16-12;/h2-4,10,14H,5-9H2,1H3;1H. The monoisotopic (exact) mass is 270 g/mol. The number of ether oxygens (including phenoxy) is 2. The van der Waals surface area contributed by atoms with Crippen LogP contribution in [0.2, 0.25) is 0 Å². The van der Waals surface area contributed by atoms with Crippen molar-refractivity contribution in [2.45, 2.75) is 19.5 Å². The zero-order valence-electron chi connectivity index (χ0n) is 10.5. The zero-order valence-corrected chi connectivity index (χ0v) is 11.3. The Balaban J connectivity index is 0.00000120. The molecule has 1 N–H and O–H groups in total. The molecular weight excluding hydrogens is 252 g/mol. The first-order valence-corrected chi connectivity index (χ1v) is 6.16. The molecule has 0 bridgehead atoms.